The van der Waals surface area contributed by atoms with Crippen molar-refractivity contribution in [2.75, 3.05) is 173 Å². The van der Waals surface area contributed by atoms with Gasteiger partial charge in [-0.3, -0.25) is 53.2 Å². The van der Waals surface area contributed by atoms with E-state index in [0.29, 0.717) is 30.6 Å². The molecule has 0 spiro atoms. The van der Waals surface area contributed by atoms with Gasteiger partial charge in [-0.2, -0.15) is 0 Å². The van der Waals surface area contributed by atoms with Crippen molar-refractivity contribution in [3.8, 4) is 0 Å². The molecule has 0 saturated carbocycles. The van der Waals surface area contributed by atoms with Gasteiger partial charge in [-0.15, -0.1) is 0 Å². The molecule has 0 unspecified atom stereocenters. The predicted octanol–water partition coefficient (Wildman–Crippen LogP) is 9.33. The summed E-state index contributed by atoms with van der Waals surface area (Å²) in [4.78, 5) is 119. The standard InChI is InChI=1S/C11H22N2O2.C10H19NO3.C10H21NO2.C8H17NO4S.C8H15NO3.C8H17NO2.C7H15NO4S.C7H14O3.C6H13NO2.C4H10O.C4H10.2CH4/c1-11(2,3)15-9-10(14)13-7-5-12(4)6-8-13;1-10(2,3)14-8-9(12)11-4-6-13-7-5-11;1-6-11(7-2)9(12)8-13-10(3,4)5;1-8(2,3)13-6-7(10)9(4)14(5,11)12;1-6(10)9-7(11)5-12-8(2,3)4;1-8(2,3)11-6-7(10)9(4)5;1-7(2,3)12-5-6(9)8-13(4,10)11;1-7(2,3)10-5-6(8)9-4;1-6(2,3)9-4-5(7)8;1-4(2,3)5;1-4(2)3;;/h5-9H2,1-4H3;4-8H2,1-3H3;6-8H2,1-5H3;6H2,1-5H3;5H2,1-4H3,(H,9,10,11);6H2,1-5H3;5H2,1-4H3,(H,8,9);5H2,1-4H3;4H2,1-3H3,(H2,7,8);5H,1-3H3;4H,1-3H3;2*1H4. The van der Waals surface area contributed by atoms with Crippen LogP contribution in [0.1, 0.15) is 264 Å². The van der Waals surface area contributed by atoms with Crippen LogP contribution < -0.4 is 15.8 Å². The van der Waals surface area contributed by atoms with Gasteiger partial charge in [0.15, 0.2) is 0 Å². The van der Waals surface area contributed by atoms with E-state index < -0.39 is 60.5 Å². The highest BCUT2D eigenvalue weighted by molar-refractivity contribution is 7.89. The second-order valence-electron chi connectivity index (χ2n) is 38.1. The number of carbonyl (C=O) groups excluding carboxylic acids is 10. The van der Waals surface area contributed by atoms with Crippen molar-refractivity contribution in [2.45, 2.75) is 320 Å². The van der Waals surface area contributed by atoms with Crippen LogP contribution in [-0.4, -0.2) is 339 Å². The van der Waals surface area contributed by atoms with Crippen LogP contribution in [0.2, 0.25) is 0 Å². The van der Waals surface area contributed by atoms with Gasteiger partial charge in [0.1, 0.15) is 59.5 Å². The van der Waals surface area contributed by atoms with Gasteiger partial charge in [0.2, 0.25) is 55.5 Å². The zero-order chi connectivity index (χ0) is 97.4. The van der Waals surface area contributed by atoms with Crippen molar-refractivity contribution in [1.82, 2.24) is 38.8 Å². The number of morpholine rings is 1. The average molecular weight is 1810 g/mol. The van der Waals surface area contributed by atoms with Crippen molar-refractivity contribution in [2.24, 2.45) is 11.7 Å². The van der Waals surface area contributed by atoms with Gasteiger partial charge in [0, 0.05) is 80.4 Å². The van der Waals surface area contributed by atoms with E-state index in [-0.39, 0.29) is 149 Å². The lowest BCUT2D eigenvalue weighted by Gasteiger charge is -2.33. The summed E-state index contributed by atoms with van der Waals surface area (Å²) >= 11 is 0. The molecule has 9 amide bonds. The van der Waals surface area contributed by atoms with Crippen molar-refractivity contribution in [1.29, 1.82) is 0 Å². The van der Waals surface area contributed by atoms with E-state index in [1.807, 2.05) is 164 Å². The van der Waals surface area contributed by atoms with Gasteiger partial charge >= 0.3 is 5.97 Å². The number of ether oxygens (including phenoxy) is 11. The van der Waals surface area contributed by atoms with Crippen LogP contribution in [0.15, 0.2) is 0 Å². The predicted molar refractivity (Wildman–Crippen MR) is 486 cm³/mol. The number of esters is 1. The lowest BCUT2D eigenvalue weighted by molar-refractivity contribution is -0.151. The smallest absolute Gasteiger partial charge is 0.331 e. The average Bonchev–Trinajstić information content (AvgIpc) is 0.877. The van der Waals surface area contributed by atoms with Crippen molar-refractivity contribution < 1.29 is 122 Å². The number of nitrogens with one attached hydrogen (secondary N) is 2. The van der Waals surface area contributed by atoms with E-state index in [0.717, 1.165) is 57.7 Å². The molecule has 0 atom stereocenters. The Hall–Kier alpha value is -5.68. The summed E-state index contributed by atoms with van der Waals surface area (Å²) in [6.45, 7) is 75.7. The minimum atomic E-state index is -3.47. The quantitative estimate of drug-likeness (QED) is 0.0733. The number of likely N-dealkylation sites (N-methyl/N-ethyl adjacent to an activating group) is 4. The normalized spacial score (nSPS) is 13.2. The largest absolute Gasteiger partial charge is 0.467 e. The Kier molecular flexibility index (Phi) is 77.3. The Morgan fingerprint density at radius 1 is 0.434 bits per heavy atom. The first-order valence-electron chi connectivity index (χ1n) is 40.1. The molecule has 0 aromatic rings. The number of piperazine rings is 1. The number of methoxy groups -OCH3 is 1. The Morgan fingerprint density at radius 2 is 0.697 bits per heavy atom. The molecule has 122 heavy (non-hydrogen) atoms. The molecule has 0 radical (unpaired) electrons. The van der Waals surface area contributed by atoms with Gasteiger partial charge in [-0.25, -0.2) is 25.9 Å². The van der Waals surface area contributed by atoms with Crippen LogP contribution in [0.5, 0.6) is 0 Å². The molecule has 2 fully saturated rings. The zero-order valence-electron chi connectivity index (χ0n) is 82.7. The molecule has 2 rings (SSSR count). The van der Waals surface area contributed by atoms with E-state index in [2.05, 4.69) is 42.8 Å². The van der Waals surface area contributed by atoms with Crippen molar-refractivity contribution in [3.63, 3.8) is 0 Å². The van der Waals surface area contributed by atoms with E-state index in [1.165, 1.54) is 26.0 Å². The third-order valence-electron chi connectivity index (χ3n) is 12.2. The summed E-state index contributed by atoms with van der Waals surface area (Å²) in [5.74, 6) is -1.68. The highest BCUT2D eigenvalue weighted by Crippen LogP contribution is 2.14. The lowest BCUT2D eigenvalue weighted by atomic mass is 10.2. The molecule has 0 aromatic carbocycles. The number of primary amides is 1. The summed E-state index contributed by atoms with van der Waals surface area (Å²) < 4.78 is 102. The zero-order valence-corrected chi connectivity index (χ0v) is 84.4. The second kappa shape index (κ2) is 67.6. The molecular formula is C85H181N9O26S2. The van der Waals surface area contributed by atoms with E-state index in [1.54, 1.807) is 90.9 Å². The van der Waals surface area contributed by atoms with Gasteiger partial charge in [0.25, 0.3) is 17.7 Å². The summed E-state index contributed by atoms with van der Waals surface area (Å²) in [5, 5.41) is 10.6. The van der Waals surface area contributed by atoms with E-state index in [4.69, 9.17) is 58.2 Å². The number of amides is 9. The number of nitrogens with zero attached hydrogens (tertiary/aromatic N) is 6. The molecule has 2 aliphatic heterocycles. The molecule has 734 valence electrons. The third-order valence-corrected chi connectivity index (χ3v) is 14.0. The van der Waals surface area contributed by atoms with Crippen LogP contribution >= 0.6 is 0 Å². The molecule has 0 aliphatic carbocycles. The maximum absolute atomic E-state index is 11.7. The number of hydrogen-bond acceptors (Lipinski definition) is 27. The number of nitrogens with two attached hydrogens (primary N) is 1. The fourth-order valence-corrected chi connectivity index (χ4v) is 7.06. The molecule has 2 aliphatic rings. The summed E-state index contributed by atoms with van der Waals surface area (Å²) in [7, 11) is 1.13. The topological polar surface area (TPSA) is 430 Å². The molecule has 0 bridgehead atoms. The summed E-state index contributed by atoms with van der Waals surface area (Å²) in [6.07, 6.45) is 1.89. The molecule has 2 heterocycles. The van der Waals surface area contributed by atoms with Crippen LogP contribution in [0.4, 0.5) is 0 Å². The Bertz CT molecular complexity index is 3040. The monoisotopic (exact) mass is 1810 g/mol. The molecule has 0 aromatic heterocycles. The fourth-order valence-electron chi connectivity index (χ4n) is 6.17. The molecular weight excluding hydrogens is 1630 g/mol. The Morgan fingerprint density at radius 3 is 0.951 bits per heavy atom. The number of carbonyl (C=O) groups is 10. The number of imide groups is 1. The molecule has 2 saturated heterocycles. The number of hydrogen-bond donors (Lipinski definition) is 4. The van der Waals surface area contributed by atoms with Gasteiger partial charge in [-0.1, -0.05) is 35.6 Å². The summed E-state index contributed by atoms with van der Waals surface area (Å²) in [5.41, 5.74) is 1.60. The molecule has 37 heteroatoms. The Labute approximate surface area is 741 Å². The first-order valence-corrected chi connectivity index (χ1v) is 43.8. The minimum absolute atomic E-state index is 0. The highest BCUT2D eigenvalue weighted by atomic mass is 32.2. The van der Waals surface area contributed by atoms with Crippen LogP contribution in [0.3, 0.4) is 0 Å². The third kappa shape index (κ3) is 127. The molecule has 5 N–H and O–H groups in total. The highest BCUT2D eigenvalue weighted by Gasteiger charge is 2.25. The van der Waals surface area contributed by atoms with E-state index in [9.17, 15) is 64.8 Å². The number of sulfonamides is 2. The van der Waals surface area contributed by atoms with Gasteiger partial charge in [0.05, 0.1) is 88.8 Å². The first kappa shape index (κ1) is 139. The van der Waals surface area contributed by atoms with Crippen LogP contribution in [0, 0.1) is 5.92 Å². The summed E-state index contributed by atoms with van der Waals surface area (Å²) in [6, 6.07) is 0. The van der Waals surface area contributed by atoms with Gasteiger partial charge in [-0.05, 0) is 235 Å². The van der Waals surface area contributed by atoms with Crippen molar-refractivity contribution >= 4 is 79.2 Å². The van der Waals surface area contributed by atoms with Crippen LogP contribution in [0.25, 0.3) is 0 Å². The Balaban J connectivity index is -0.000000125. The molecule has 35 nitrogen and oxygen atoms in total. The second-order valence-corrected chi connectivity index (χ2v) is 41.9. The minimum Gasteiger partial charge on any atom is -0.467 e. The first-order chi connectivity index (χ1) is 53.2. The maximum atomic E-state index is 11.7. The van der Waals surface area contributed by atoms with Crippen LogP contribution in [-0.2, 0) is 120 Å². The van der Waals surface area contributed by atoms with E-state index >= 15 is 0 Å². The van der Waals surface area contributed by atoms with Gasteiger partial charge < -0.3 is 87.4 Å². The maximum Gasteiger partial charge on any atom is 0.331 e. The SMILES string of the molecule is C.C.CC(=O)NC(=O)COC(C)(C)C.CC(C)(C)O.CC(C)(C)OCC(=O)N1CCOCC1.CC(C)(C)OCC(=O)NS(C)(=O)=O.CC(C)(C)OCC(N)=O.CC(C)C.CCN(CC)C(=O)COC(C)(C)C.CN(C(=O)COC(C)(C)C)S(C)(=O)=O.CN(C)C(=O)COC(C)(C)C.CN1CCN(C(=O)COC(C)(C)C)CC1.COC(=O)COC(C)(C)C. The number of aliphatic hydroxyl groups is 1. The number of rotatable bonds is 22. The lowest BCUT2D eigenvalue weighted by Crippen LogP contribution is -2.48. The van der Waals surface area contributed by atoms with Crippen molar-refractivity contribution in [3.05, 3.63) is 0 Å². The fraction of sp³-hybridized carbons (Fsp3) is 0.882.